The monoisotopic (exact) mass is 418 g/mol. The lowest BCUT2D eigenvalue weighted by atomic mass is 9.99. The molecule has 0 radical (unpaired) electrons. The van der Waals surface area contributed by atoms with Gasteiger partial charge < -0.3 is 19.9 Å². The minimum Gasteiger partial charge on any atom is -0.484 e. The maximum atomic E-state index is 12.6. The average Bonchev–Trinajstić information content (AvgIpc) is 3.23. The van der Waals surface area contributed by atoms with Crippen LogP contribution in [-0.2, 0) is 19.1 Å². The van der Waals surface area contributed by atoms with Crippen molar-refractivity contribution >= 4 is 29.5 Å². The van der Waals surface area contributed by atoms with Crippen LogP contribution < -0.4 is 10.1 Å². The Morgan fingerprint density at radius 2 is 2.10 bits per heavy atom. The molecule has 0 saturated carbocycles. The molecule has 0 aliphatic carbocycles. The molecule has 3 aliphatic rings. The van der Waals surface area contributed by atoms with Crippen LogP contribution in [0.15, 0.2) is 41.6 Å². The summed E-state index contributed by atoms with van der Waals surface area (Å²) < 4.78 is 11.0. The van der Waals surface area contributed by atoms with Crippen molar-refractivity contribution in [3.8, 4) is 5.75 Å². The van der Waals surface area contributed by atoms with Crippen molar-refractivity contribution in [2.75, 3.05) is 19.0 Å². The highest BCUT2D eigenvalue weighted by molar-refractivity contribution is 8.00. The number of carbonyl (C=O) groups is 3. The number of β-lactam (4-membered cyclic amide) rings is 1. The van der Waals surface area contributed by atoms with Gasteiger partial charge in [-0.05, 0) is 37.0 Å². The van der Waals surface area contributed by atoms with Crippen LogP contribution in [0.1, 0.15) is 19.3 Å². The smallest absolute Gasteiger partial charge is 0.352 e. The normalized spacial score (nSPS) is 26.0. The van der Waals surface area contributed by atoms with Crippen molar-refractivity contribution in [2.24, 2.45) is 0 Å². The molecule has 1 aromatic carbocycles. The van der Waals surface area contributed by atoms with Crippen LogP contribution in [0.2, 0.25) is 0 Å². The number of aliphatic carboxylic acids is 1. The molecule has 2 fully saturated rings. The van der Waals surface area contributed by atoms with E-state index in [-0.39, 0.29) is 18.4 Å². The Morgan fingerprint density at radius 3 is 2.79 bits per heavy atom. The summed E-state index contributed by atoms with van der Waals surface area (Å²) in [6, 6.07) is 8.17. The number of carboxylic acids is 1. The van der Waals surface area contributed by atoms with E-state index >= 15 is 0 Å². The molecule has 1 unspecified atom stereocenters. The van der Waals surface area contributed by atoms with Crippen molar-refractivity contribution < 1.29 is 29.0 Å². The lowest BCUT2D eigenvalue weighted by Gasteiger charge is -2.49. The minimum absolute atomic E-state index is 0.0125. The van der Waals surface area contributed by atoms with Gasteiger partial charge in [0.15, 0.2) is 6.61 Å². The Balaban J connectivity index is 1.38. The molecule has 154 valence electrons. The van der Waals surface area contributed by atoms with Gasteiger partial charge in [-0.2, -0.15) is 0 Å². The van der Waals surface area contributed by atoms with E-state index < -0.39 is 29.2 Å². The highest BCUT2D eigenvalue weighted by Gasteiger charge is 2.54. The van der Waals surface area contributed by atoms with E-state index in [1.54, 1.807) is 24.3 Å². The molecule has 9 heteroatoms. The van der Waals surface area contributed by atoms with Gasteiger partial charge in [-0.25, -0.2) is 4.79 Å². The Morgan fingerprint density at radius 1 is 1.31 bits per heavy atom. The van der Waals surface area contributed by atoms with Crippen molar-refractivity contribution in [1.29, 1.82) is 0 Å². The third kappa shape index (κ3) is 4.11. The Bertz CT molecular complexity index is 837. The van der Waals surface area contributed by atoms with Gasteiger partial charge in [0.05, 0.1) is 6.10 Å². The first-order chi connectivity index (χ1) is 14.0. The number of carboxylic acid groups (broad SMARTS) is 1. The predicted octanol–water partition coefficient (Wildman–Crippen LogP) is 1.37. The summed E-state index contributed by atoms with van der Waals surface area (Å²) in [6.45, 7) is 0.481. The van der Waals surface area contributed by atoms with Gasteiger partial charge in [0.2, 0.25) is 0 Å². The first kappa shape index (κ1) is 19.8. The Labute approximate surface area is 172 Å². The predicted molar refractivity (Wildman–Crippen MR) is 105 cm³/mol. The Kier molecular flexibility index (Phi) is 5.77. The number of para-hydroxylation sites is 1. The molecular weight excluding hydrogens is 396 g/mol. The number of rotatable bonds is 7. The number of hydrogen-bond acceptors (Lipinski definition) is 6. The summed E-state index contributed by atoms with van der Waals surface area (Å²) in [5.41, 5.74) is 0.761. The lowest BCUT2D eigenvalue weighted by Crippen LogP contribution is -2.70. The second-order valence-electron chi connectivity index (χ2n) is 7.15. The van der Waals surface area contributed by atoms with Gasteiger partial charge in [0.25, 0.3) is 11.8 Å². The third-order valence-electron chi connectivity index (χ3n) is 5.18. The van der Waals surface area contributed by atoms with Crippen LogP contribution in [0.5, 0.6) is 5.75 Å². The second-order valence-corrected chi connectivity index (χ2v) is 8.26. The lowest BCUT2D eigenvalue weighted by molar-refractivity contribution is -0.151. The van der Waals surface area contributed by atoms with Crippen molar-refractivity contribution in [3.63, 3.8) is 0 Å². The summed E-state index contributed by atoms with van der Waals surface area (Å²) >= 11 is 1.47. The van der Waals surface area contributed by atoms with Crippen LogP contribution in [0.3, 0.4) is 0 Å². The average molecular weight is 418 g/mol. The zero-order chi connectivity index (χ0) is 20.4. The van der Waals surface area contributed by atoms with Crippen LogP contribution in [0, 0.1) is 0 Å². The number of hydrogen-bond donors (Lipinski definition) is 2. The molecule has 2 amide bonds. The SMILES string of the molecule is O=C(COc1ccccc1)N[C@@H]1C(=O)N2C(C(=O)O)=C(CC3CCCO3)CS[C@H]12. The van der Waals surface area contributed by atoms with E-state index in [0.29, 0.717) is 24.5 Å². The van der Waals surface area contributed by atoms with Crippen LogP contribution in [0.4, 0.5) is 0 Å². The molecule has 0 bridgehead atoms. The molecule has 3 aliphatic heterocycles. The largest absolute Gasteiger partial charge is 0.484 e. The number of benzene rings is 1. The van der Waals surface area contributed by atoms with Crippen molar-refractivity contribution in [3.05, 3.63) is 41.6 Å². The molecule has 1 aromatic rings. The number of amides is 2. The van der Waals surface area contributed by atoms with Gasteiger partial charge in [-0.1, -0.05) is 18.2 Å². The first-order valence-corrected chi connectivity index (χ1v) is 10.6. The fourth-order valence-corrected chi connectivity index (χ4v) is 5.16. The van der Waals surface area contributed by atoms with Crippen LogP contribution >= 0.6 is 11.8 Å². The summed E-state index contributed by atoms with van der Waals surface area (Å²) in [7, 11) is 0. The van der Waals surface area contributed by atoms with Crippen molar-refractivity contribution in [2.45, 2.75) is 36.8 Å². The molecule has 4 rings (SSSR count). The van der Waals surface area contributed by atoms with Crippen LogP contribution in [-0.4, -0.2) is 64.3 Å². The van der Waals surface area contributed by atoms with Gasteiger partial charge in [-0.15, -0.1) is 11.8 Å². The van der Waals surface area contributed by atoms with Gasteiger partial charge in [-0.3, -0.25) is 14.5 Å². The van der Waals surface area contributed by atoms with E-state index in [4.69, 9.17) is 9.47 Å². The summed E-state index contributed by atoms with van der Waals surface area (Å²) in [5, 5.41) is 11.9. The fourth-order valence-electron chi connectivity index (χ4n) is 3.80. The highest BCUT2D eigenvalue weighted by Crippen LogP contribution is 2.42. The summed E-state index contributed by atoms with van der Waals surface area (Å²) in [4.78, 5) is 38.0. The third-order valence-corrected chi connectivity index (χ3v) is 6.52. The molecule has 2 saturated heterocycles. The van der Waals surface area contributed by atoms with E-state index in [2.05, 4.69) is 5.32 Å². The standard InChI is InChI=1S/C20H22N2O6S/c23-15(10-28-13-5-2-1-3-6-13)21-16-18(24)22-17(20(25)26)12(11-29-19(16)22)9-14-7-4-8-27-14/h1-3,5-6,14,16,19H,4,7-11H2,(H,21,23)(H,25,26)/t14?,16-,19-/m1/s1. The zero-order valence-electron chi connectivity index (χ0n) is 15.7. The van der Waals surface area contributed by atoms with Gasteiger partial charge in [0, 0.05) is 12.4 Å². The maximum Gasteiger partial charge on any atom is 0.352 e. The topological polar surface area (TPSA) is 105 Å². The molecule has 0 spiro atoms. The first-order valence-electron chi connectivity index (χ1n) is 9.53. The minimum atomic E-state index is -1.12. The van der Waals surface area contributed by atoms with E-state index in [1.165, 1.54) is 16.7 Å². The van der Waals surface area contributed by atoms with Crippen molar-refractivity contribution in [1.82, 2.24) is 10.2 Å². The summed E-state index contributed by atoms with van der Waals surface area (Å²) in [5.74, 6) is -0.876. The number of carbonyl (C=O) groups excluding carboxylic acids is 2. The van der Waals surface area contributed by atoms with Gasteiger partial charge >= 0.3 is 5.97 Å². The maximum absolute atomic E-state index is 12.6. The quantitative estimate of drug-likeness (QED) is 0.645. The molecule has 3 atom stereocenters. The van der Waals surface area contributed by atoms with E-state index in [1.807, 2.05) is 6.07 Å². The second kappa shape index (κ2) is 8.46. The zero-order valence-corrected chi connectivity index (χ0v) is 16.5. The van der Waals surface area contributed by atoms with E-state index in [9.17, 15) is 19.5 Å². The molecule has 3 heterocycles. The Hall–Kier alpha value is -2.52. The molecule has 8 nitrogen and oxygen atoms in total. The molecule has 29 heavy (non-hydrogen) atoms. The highest BCUT2D eigenvalue weighted by atomic mass is 32.2. The molecule has 0 aromatic heterocycles. The van der Waals surface area contributed by atoms with Gasteiger partial charge in [0.1, 0.15) is 22.9 Å². The fraction of sp³-hybridized carbons (Fsp3) is 0.450. The number of nitrogens with zero attached hydrogens (tertiary/aromatic N) is 1. The number of nitrogens with one attached hydrogen (secondary N) is 1. The number of thioether (sulfide) groups is 1. The molecular formula is C20H22N2O6S. The van der Waals surface area contributed by atoms with E-state index in [0.717, 1.165) is 18.4 Å². The number of fused-ring (bicyclic) bond motifs is 1. The summed E-state index contributed by atoms with van der Waals surface area (Å²) in [6.07, 6.45) is 2.40. The number of ether oxygens (including phenoxy) is 2. The molecule has 2 N–H and O–H groups in total. The van der Waals surface area contributed by atoms with Crippen LogP contribution in [0.25, 0.3) is 0 Å².